The monoisotopic (exact) mass is 309 g/mol. The molecule has 0 saturated heterocycles. The standard InChI is InChI=1S/C16H17Cl2NO/c1-2-14(19)9-11-3-4-13(18)10-16(11)20-15-7-5-12(17)6-8-15/h3-8,10,14H,2,9,19H2,1H3. The van der Waals surface area contributed by atoms with Crippen molar-refractivity contribution in [3.63, 3.8) is 0 Å². The van der Waals surface area contributed by atoms with Crippen LogP contribution in [0.15, 0.2) is 42.5 Å². The van der Waals surface area contributed by atoms with Gasteiger partial charge >= 0.3 is 0 Å². The second kappa shape index (κ2) is 6.98. The van der Waals surface area contributed by atoms with Crippen molar-refractivity contribution >= 4 is 23.2 Å². The Balaban J connectivity index is 2.24. The maximum absolute atomic E-state index is 6.05. The summed E-state index contributed by atoms with van der Waals surface area (Å²) in [5.41, 5.74) is 7.07. The quantitative estimate of drug-likeness (QED) is 0.837. The molecular formula is C16H17Cl2NO. The highest BCUT2D eigenvalue weighted by Crippen LogP contribution is 2.30. The maximum atomic E-state index is 6.05. The highest BCUT2D eigenvalue weighted by Gasteiger charge is 2.10. The first kappa shape index (κ1) is 15.2. The molecule has 0 aromatic heterocycles. The Morgan fingerprint density at radius 2 is 1.70 bits per heavy atom. The number of halogens is 2. The summed E-state index contributed by atoms with van der Waals surface area (Å²) in [7, 11) is 0. The van der Waals surface area contributed by atoms with Gasteiger partial charge in [0.05, 0.1) is 0 Å². The summed E-state index contributed by atoms with van der Waals surface area (Å²) >= 11 is 11.9. The van der Waals surface area contributed by atoms with Gasteiger partial charge in [0.15, 0.2) is 0 Å². The molecule has 20 heavy (non-hydrogen) atoms. The Bertz CT molecular complexity index is 569. The maximum Gasteiger partial charge on any atom is 0.132 e. The van der Waals surface area contributed by atoms with Crippen LogP contribution >= 0.6 is 23.2 Å². The van der Waals surface area contributed by atoms with Crippen LogP contribution in [-0.4, -0.2) is 6.04 Å². The van der Waals surface area contributed by atoms with Crippen molar-refractivity contribution in [2.24, 2.45) is 5.73 Å². The number of nitrogens with two attached hydrogens (primary N) is 1. The lowest BCUT2D eigenvalue weighted by Crippen LogP contribution is -2.21. The molecular weight excluding hydrogens is 293 g/mol. The van der Waals surface area contributed by atoms with Crippen LogP contribution in [0.1, 0.15) is 18.9 Å². The summed E-state index contributed by atoms with van der Waals surface area (Å²) in [6.07, 6.45) is 1.68. The molecule has 0 fully saturated rings. The molecule has 2 N–H and O–H groups in total. The van der Waals surface area contributed by atoms with Crippen molar-refractivity contribution in [1.82, 2.24) is 0 Å². The molecule has 1 atom stereocenters. The highest BCUT2D eigenvalue weighted by molar-refractivity contribution is 6.31. The molecule has 0 aliphatic rings. The molecule has 2 nitrogen and oxygen atoms in total. The van der Waals surface area contributed by atoms with E-state index >= 15 is 0 Å². The smallest absolute Gasteiger partial charge is 0.132 e. The van der Waals surface area contributed by atoms with Crippen molar-refractivity contribution < 1.29 is 4.74 Å². The summed E-state index contributed by atoms with van der Waals surface area (Å²) < 4.78 is 5.89. The molecule has 0 radical (unpaired) electrons. The van der Waals surface area contributed by atoms with Gasteiger partial charge in [-0.25, -0.2) is 0 Å². The Kier molecular flexibility index (Phi) is 5.30. The average Bonchev–Trinajstić information content (AvgIpc) is 2.44. The third-order valence-corrected chi connectivity index (χ3v) is 3.56. The fourth-order valence-corrected chi connectivity index (χ4v) is 2.14. The lowest BCUT2D eigenvalue weighted by molar-refractivity contribution is 0.472. The minimum absolute atomic E-state index is 0.115. The number of hydrogen-bond acceptors (Lipinski definition) is 2. The Hall–Kier alpha value is -1.22. The number of benzene rings is 2. The first-order valence-corrected chi connectivity index (χ1v) is 7.31. The van der Waals surface area contributed by atoms with Gasteiger partial charge in [-0.2, -0.15) is 0 Å². The van der Waals surface area contributed by atoms with Crippen molar-refractivity contribution in [3.8, 4) is 11.5 Å². The fraction of sp³-hybridized carbons (Fsp3) is 0.250. The van der Waals surface area contributed by atoms with Crippen LogP contribution in [0.5, 0.6) is 11.5 Å². The molecule has 0 amide bonds. The van der Waals surface area contributed by atoms with E-state index in [-0.39, 0.29) is 6.04 Å². The van der Waals surface area contributed by atoms with E-state index in [4.69, 9.17) is 33.7 Å². The first-order valence-electron chi connectivity index (χ1n) is 6.56. The van der Waals surface area contributed by atoms with E-state index < -0.39 is 0 Å². The van der Waals surface area contributed by atoms with Gasteiger partial charge in [0.1, 0.15) is 11.5 Å². The third kappa shape index (κ3) is 4.14. The minimum atomic E-state index is 0.115. The van der Waals surface area contributed by atoms with Gasteiger partial charge in [0.25, 0.3) is 0 Å². The number of ether oxygens (including phenoxy) is 1. The third-order valence-electron chi connectivity index (χ3n) is 3.08. The number of rotatable bonds is 5. The average molecular weight is 310 g/mol. The zero-order valence-electron chi connectivity index (χ0n) is 11.3. The van der Waals surface area contributed by atoms with E-state index in [1.165, 1.54) is 0 Å². The van der Waals surface area contributed by atoms with Crippen LogP contribution in [0.4, 0.5) is 0 Å². The molecule has 4 heteroatoms. The topological polar surface area (TPSA) is 35.2 Å². The molecule has 2 aromatic rings. The zero-order valence-corrected chi connectivity index (χ0v) is 12.8. The summed E-state index contributed by atoms with van der Waals surface area (Å²) in [5.74, 6) is 1.46. The van der Waals surface area contributed by atoms with Crippen LogP contribution in [0.3, 0.4) is 0 Å². The molecule has 2 rings (SSSR count). The minimum Gasteiger partial charge on any atom is -0.457 e. The second-order valence-electron chi connectivity index (χ2n) is 4.68. The molecule has 106 valence electrons. The molecule has 1 unspecified atom stereocenters. The summed E-state index contributed by atoms with van der Waals surface area (Å²) in [5, 5.41) is 1.32. The van der Waals surface area contributed by atoms with Crippen LogP contribution < -0.4 is 10.5 Å². The van der Waals surface area contributed by atoms with Crippen molar-refractivity contribution in [1.29, 1.82) is 0 Å². The van der Waals surface area contributed by atoms with Crippen LogP contribution in [0.2, 0.25) is 10.0 Å². The van der Waals surface area contributed by atoms with Gasteiger partial charge in [-0.15, -0.1) is 0 Å². The normalized spacial score (nSPS) is 12.2. The van der Waals surface area contributed by atoms with Crippen molar-refractivity contribution in [2.75, 3.05) is 0 Å². The fourth-order valence-electron chi connectivity index (χ4n) is 1.85. The van der Waals surface area contributed by atoms with Crippen molar-refractivity contribution in [3.05, 3.63) is 58.1 Å². The largest absolute Gasteiger partial charge is 0.457 e. The van der Waals surface area contributed by atoms with E-state index in [1.807, 2.05) is 30.3 Å². The predicted molar refractivity (Wildman–Crippen MR) is 84.9 cm³/mol. The van der Waals surface area contributed by atoms with Gasteiger partial charge < -0.3 is 10.5 Å². The van der Waals surface area contributed by atoms with Gasteiger partial charge in [-0.1, -0.05) is 36.2 Å². The summed E-state index contributed by atoms with van der Waals surface area (Å²) in [6, 6.07) is 13.0. The Morgan fingerprint density at radius 3 is 2.35 bits per heavy atom. The van der Waals surface area contributed by atoms with Crippen LogP contribution in [0, 0.1) is 0 Å². The molecule has 0 spiro atoms. The molecule has 0 saturated carbocycles. The molecule has 0 bridgehead atoms. The van der Waals surface area contributed by atoms with Crippen molar-refractivity contribution in [2.45, 2.75) is 25.8 Å². The van der Waals surface area contributed by atoms with E-state index in [9.17, 15) is 0 Å². The Morgan fingerprint density at radius 1 is 1.05 bits per heavy atom. The lowest BCUT2D eigenvalue weighted by Gasteiger charge is -2.14. The van der Waals surface area contributed by atoms with Gasteiger partial charge in [-0.3, -0.25) is 0 Å². The highest BCUT2D eigenvalue weighted by atomic mass is 35.5. The second-order valence-corrected chi connectivity index (χ2v) is 5.55. The van der Waals surface area contributed by atoms with Crippen LogP contribution in [-0.2, 0) is 6.42 Å². The Labute approximate surface area is 129 Å². The SMILES string of the molecule is CCC(N)Cc1ccc(Cl)cc1Oc1ccc(Cl)cc1. The van der Waals surface area contributed by atoms with Gasteiger partial charge in [0, 0.05) is 16.1 Å². The van der Waals surface area contributed by atoms with E-state index in [0.717, 1.165) is 29.9 Å². The molecule has 2 aromatic carbocycles. The van der Waals surface area contributed by atoms with E-state index in [0.29, 0.717) is 10.0 Å². The molecule has 0 heterocycles. The van der Waals surface area contributed by atoms with Crippen LogP contribution in [0.25, 0.3) is 0 Å². The number of hydrogen-bond donors (Lipinski definition) is 1. The summed E-state index contributed by atoms with van der Waals surface area (Å²) in [4.78, 5) is 0. The molecule has 0 aliphatic heterocycles. The van der Waals surface area contributed by atoms with E-state index in [2.05, 4.69) is 6.92 Å². The van der Waals surface area contributed by atoms with Gasteiger partial charge in [0.2, 0.25) is 0 Å². The van der Waals surface area contributed by atoms with Gasteiger partial charge in [-0.05, 0) is 54.8 Å². The molecule has 0 aliphatic carbocycles. The zero-order chi connectivity index (χ0) is 14.5. The lowest BCUT2D eigenvalue weighted by atomic mass is 10.0. The summed E-state index contributed by atoms with van der Waals surface area (Å²) in [6.45, 7) is 2.07. The first-order chi connectivity index (χ1) is 9.58. The van der Waals surface area contributed by atoms with E-state index in [1.54, 1.807) is 12.1 Å². The predicted octanol–water partition coefficient (Wildman–Crippen LogP) is 5.07.